The van der Waals surface area contributed by atoms with Crippen molar-refractivity contribution in [2.45, 2.75) is 25.9 Å². The number of ether oxygens (including phenoxy) is 7. The molecule has 11 heteroatoms. The molecule has 1 unspecified atom stereocenters. The number of rotatable bonds is 11. The van der Waals surface area contributed by atoms with Gasteiger partial charge in [-0.05, 0) is 12.8 Å². The highest BCUT2D eigenvalue weighted by molar-refractivity contribution is 5.66. The van der Waals surface area contributed by atoms with Crippen molar-refractivity contribution in [3.8, 4) is 0 Å². The molecule has 0 aliphatic carbocycles. The van der Waals surface area contributed by atoms with Gasteiger partial charge in [0.1, 0.15) is 0 Å². The van der Waals surface area contributed by atoms with Gasteiger partial charge >= 0.3 is 6.09 Å². The molecule has 1 aliphatic heterocycles. The second-order valence-electron chi connectivity index (χ2n) is 7.81. The first-order valence-corrected chi connectivity index (χ1v) is 12.5. The molecule has 0 aromatic heterocycles. The standard InChI is InChI=1S/C23H47N3O8/c1-3-10-29-15-17-31-12-7-26-8-13-32-18-16-30-11-6-24-21-22(4-5-25-23(27)28-2)34-20-19-33-14-9-26/h22,24H,3-21H2,1-2H3,(H,25,27). The molecule has 1 saturated heterocycles. The molecule has 1 amide bonds. The highest BCUT2D eigenvalue weighted by atomic mass is 16.5. The first-order valence-electron chi connectivity index (χ1n) is 12.5. The van der Waals surface area contributed by atoms with Crippen molar-refractivity contribution < 1.29 is 38.0 Å². The van der Waals surface area contributed by atoms with Gasteiger partial charge in [0.2, 0.25) is 0 Å². The summed E-state index contributed by atoms with van der Waals surface area (Å²) in [6, 6.07) is 0. The smallest absolute Gasteiger partial charge is 0.406 e. The molecule has 1 rings (SSSR count). The van der Waals surface area contributed by atoms with E-state index in [1.165, 1.54) is 7.11 Å². The van der Waals surface area contributed by atoms with Gasteiger partial charge in [-0.2, -0.15) is 0 Å². The Morgan fingerprint density at radius 2 is 1.62 bits per heavy atom. The maximum Gasteiger partial charge on any atom is 0.406 e. The number of amides is 1. The minimum atomic E-state index is -0.438. The summed E-state index contributed by atoms with van der Waals surface area (Å²) in [5.41, 5.74) is 0. The van der Waals surface area contributed by atoms with Crippen molar-refractivity contribution in [2.75, 3.05) is 119 Å². The van der Waals surface area contributed by atoms with Crippen LogP contribution in [-0.4, -0.2) is 136 Å². The SMILES string of the molecule is CCCOCCOCCN1CCOCCOCCNCC(CCNC(=O)OC)OCCOCC1. The van der Waals surface area contributed by atoms with Crippen LogP contribution in [0, 0.1) is 0 Å². The van der Waals surface area contributed by atoms with Crippen LogP contribution in [-0.2, 0) is 33.2 Å². The van der Waals surface area contributed by atoms with Crippen LogP contribution in [0.2, 0.25) is 0 Å². The third-order valence-electron chi connectivity index (χ3n) is 5.05. The number of hydrogen-bond donors (Lipinski definition) is 2. The average Bonchev–Trinajstić information content (AvgIpc) is 2.84. The van der Waals surface area contributed by atoms with E-state index in [9.17, 15) is 4.79 Å². The Morgan fingerprint density at radius 1 is 0.941 bits per heavy atom. The van der Waals surface area contributed by atoms with E-state index < -0.39 is 6.09 Å². The van der Waals surface area contributed by atoms with Crippen molar-refractivity contribution in [1.82, 2.24) is 15.5 Å². The molecule has 1 aliphatic rings. The van der Waals surface area contributed by atoms with E-state index in [4.69, 9.17) is 28.4 Å². The summed E-state index contributed by atoms with van der Waals surface area (Å²) in [4.78, 5) is 13.5. The number of methoxy groups -OCH3 is 1. The third-order valence-corrected chi connectivity index (χ3v) is 5.05. The van der Waals surface area contributed by atoms with Gasteiger partial charge in [0.15, 0.2) is 0 Å². The van der Waals surface area contributed by atoms with Crippen molar-refractivity contribution in [3.63, 3.8) is 0 Å². The van der Waals surface area contributed by atoms with Crippen molar-refractivity contribution in [2.24, 2.45) is 0 Å². The predicted octanol–water partition coefficient (Wildman–Crippen LogP) is 0.516. The molecule has 0 saturated carbocycles. The lowest BCUT2D eigenvalue weighted by atomic mass is 10.2. The second-order valence-corrected chi connectivity index (χ2v) is 7.81. The van der Waals surface area contributed by atoms with Crippen LogP contribution in [0.5, 0.6) is 0 Å². The van der Waals surface area contributed by atoms with Crippen LogP contribution in [0.4, 0.5) is 4.79 Å². The first-order chi connectivity index (χ1) is 16.8. The van der Waals surface area contributed by atoms with Crippen LogP contribution in [0.3, 0.4) is 0 Å². The third kappa shape index (κ3) is 19.3. The van der Waals surface area contributed by atoms with Gasteiger partial charge in [0.25, 0.3) is 0 Å². The monoisotopic (exact) mass is 493 g/mol. The van der Waals surface area contributed by atoms with Crippen LogP contribution >= 0.6 is 0 Å². The lowest BCUT2D eigenvalue weighted by Gasteiger charge is -2.23. The summed E-state index contributed by atoms with van der Waals surface area (Å²) in [5.74, 6) is 0. The number of carbonyl (C=O) groups is 1. The van der Waals surface area contributed by atoms with E-state index in [2.05, 4.69) is 27.2 Å². The molecule has 0 aromatic carbocycles. The summed E-state index contributed by atoms with van der Waals surface area (Å²) in [5, 5.41) is 6.02. The molecular weight excluding hydrogens is 446 g/mol. The molecular formula is C23H47N3O8. The molecule has 1 heterocycles. The summed E-state index contributed by atoms with van der Waals surface area (Å²) in [6.45, 7) is 13.1. The van der Waals surface area contributed by atoms with Crippen molar-refractivity contribution in [3.05, 3.63) is 0 Å². The Morgan fingerprint density at radius 3 is 2.32 bits per heavy atom. The lowest BCUT2D eigenvalue weighted by Crippen LogP contribution is -2.36. The molecule has 202 valence electrons. The van der Waals surface area contributed by atoms with Crippen molar-refractivity contribution in [1.29, 1.82) is 0 Å². The number of carbonyl (C=O) groups excluding carboxylic acids is 1. The molecule has 11 nitrogen and oxygen atoms in total. The van der Waals surface area contributed by atoms with E-state index in [0.29, 0.717) is 85.6 Å². The molecule has 0 radical (unpaired) electrons. The zero-order valence-corrected chi connectivity index (χ0v) is 21.2. The Kier molecular flexibility index (Phi) is 21.6. The van der Waals surface area contributed by atoms with E-state index in [1.807, 2.05) is 0 Å². The number of nitrogens with zero attached hydrogens (tertiary/aromatic N) is 1. The first kappa shape index (κ1) is 31.0. The fraction of sp³-hybridized carbons (Fsp3) is 0.957. The normalized spacial score (nSPS) is 20.8. The number of hydrogen-bond acceptors (Lipinski definition) is 10. The Labute approximate surface area is 205 Å². The fourth-order valence-electron chi connectivity index (χ4n) is 3.14. The molecule has 1 fully saturated rings. The van der Waals surface area contributed by atoms with Gasteiger partial charge < -0.3 is 43.8 Å². The molecule has 34 heavy (non-hydrogen) atoms. The highest BCUT2D eigenvalue weighted by Gasteiger charge is 2.11. The summed E-state index contributed by atoms with van der Waals surface area (Å²) < 4.78 is 38.8. The molecule has 2 N–H and O–H groups in total. The largest absolute Gasteiger partial charge is 0.453 e. The van der Waals surface area contributed by atoms with Gasteiger partial charge in [-0.3, -0.25) is 4.90 Å². The second kappa shape index (κ2) is 23.7. The van der Waals surface area contributed by atoms with Crippen molar-refractivity contribution >= 4 is 6.09 Å². The molecule has 0 aromatic rings. The minimum Gasteiger partial charge on any atom is -0.453 e. The Balaban J connectivity index is 2.34. The number of alkyl carbamates (subject to hydrolysis) is 1. The summed E-state index contributed by atoms with van der Waals surface area (Å²) in [6.07, 6.45) is 1.21. The van der Waals surface area contributed by atoms with Gasteiger partial charge in [0, 0.05) is 45.9 Å². The van der Waals surface area contributed by atoms with Crippen LogP contribution in [0.25, 0.3) is 0 Å². The lowest BCUT2D eigenvalue weighted by molar-refractivity contribution is -0.0108. The summed E-state index contributed by atoms with van der Waals surface area (Å²) >= 11 is 0. The van der Waals surface area contributed by atoms with Gasteiger partial charge in [-0.15, -0.1) is 0 Å². The van der Waals surface area contributed by atoms with E-state index in [1.54, 1.807) is 0 Å². The molecule has 0 spiro atoms. The number of nitrogens with one attached hydrogen (secondary N) is 2. The maximum absolute atomic E-state index is 11.3. The fourth-order valence-corrected chi connectivity index (χ4v) is 3.14. The highest BCUT2D eigenvalue weighted by Crippen LogP contribution is 1.98. The molecule has 0 bridgehead atoms. The molecule has 1 atom stereocenters. The topological polar surface area (TPSA) is 109 Å². The van der Waals surface area contributed by atoms with E-state index >= 15 is 0 Å². The van der Waals surface area contributed by atoms with Gasteiger partial charge in [0.05, 0.1) is 79.3 Å². The zero-order valence-electron chi connectivity index (χ0n) is 21.2. The predicted molar refractivity (Wildman–Crippen MR) is 128 cm³/mol. The maximum atomic E-state index is 11.3. The Bertz CT molecular complexity index is 460. The van der Waals surface area contributed by atoms with Crippen LogP contribution < -0.4 is 10.6 Å². The Hall–Kier alpha value is -1.05. The minimum absolute atomic E-state index is 0.0436. The van der Waals surface area contributed by atoms with E-state index in [0.717, 1.165) is 39.2 Å². The van der Waals surface area contributed by atoms with Crippen LogP contribution in [0.1, 0.15) is 19.8 Å². The van der Waals surface area contributed by atoms with E-state index in [-0.39, 0.29) is 6.10 Å². The van der Waals surface area contributed by atoms with Crippen LogP contribution in [0.15, 0.2) is 0 Å². The summed E-state index contributed by atoms with van der Waals surface area (Å²) in [7, 11) is 1.35. The van der Waals surface area contributed by atoms with Gasteiger partial charge in [-0.25, -0.2) is 4.79 Å². The van der Waals surface area contributed by atoms with Gasteiger partial charge in [-0.1, -0.05) is 6.92 Å². The zero-order chi connectivity index (χ0) is 24.5. The average molecular weight is 494 g/mol. The quantitative estimate of drug-likeness (QED) is 0.395.